The van der Waals surface area contributed by atoms with Crippen molar-refractivity contribution in [2.75, 3.05) is 13.1 Å². The molecule has 0 radical (unpaired) electrons. The van der Waals surface area contributed by atoms with Crippen LogP contribution in [0, 0.1) is 11.8 Å². The Morgan fingerprint density at radius 3 is 2.75 bits per heavy atom. The molecule has 1 atom stereocenters. The summed E-state index contributed by atoms with van der Waals surface area (Å²) in [5.41, 5.74) is 0. The molecule has 0 amide bonds. The molecule has 0 aromatic heterocycles. The fourth-order valence-corrected chi connectivity index (χ4v) is 1.66. The Labute approximate surface area is 76.9 Å². The predicted molar refractivity (Wildman–Crippen MR) is 54.3 cm³/mol. The minimum absolute atomic E-state index is 0.870. The van der Waals surface area contributed by atoms with Crippen molar-refractivity contribution in [1.82, 2.24) is 5.32 Å². The molecule has 72 valence electrons. The molecule has 0 saturated heterocycles. The lowest BCUT2D eigenvalue weighted by atomic mass is 10.1. The van der Waals surface area contributed by atoms with Crippen LogP contribution in [0.5, 0.6) is 0 Å². The molecule has 1 N–H and O–H groups in total. The summed E-state index contributed by atoms with van der Waals surface area (Å²) in [7, 11) is 0. The maximum atomic E-state index is 3.54. The molecule has 0 aromatic carbocycles. The monoisotopic (exact) mass is 169 g/mol. The zero-order chi connectivity index (χ0) is 8.81. The van der Waals surface area contributed by atoms with Crippen LogP contribution < -0.4 is 5.32 Å². The lowest BCUT2D eigenvalue weighted by molar-refractivity contribution is 0.468. The van der Waals surface area contributed by atoms with E-state index in [1.165, 1.54) is 45.2 Å². The number of hydrogen-bond acceptors (Lipinski definition) is 1. The molecule has 0 heterocycles. The van der Waals surface area contributed by atoms with Crippen LogP contribution in [0.15, 0.2) is 0 Å². The smallest absolute Gasteiger partial charge is 0.00232 e. The van der Waals surface area contributed by atoms with Crippen molar-refractivity contribution in [3.63, 3.8) is 0 Å². The molecular formula is C11H23N. The highest BCUT2D eigenvalue weighted by Crippen LogP contribution is 2.31. The first-order valence-corrected chi connectivity index (χ1v) is 5.53. The fourth-order valence-electron chi connectivity index (χ4n) is 1.66. The summed E-state index contributed by atoms with van der Waals surface area (Å²) in [6, 6.07) is 0. The topological polar surface area (TPSA) is 12.0 Å². The number of hydrogen-bond donors (Lipinski definition) is 1. The van der Waals surface area contributed by atoms with Gasteiger partial charge >= 0.3 is 0 Å². The zero-order valence-electron chi connectivity index (χ0n) is 8.60. The van der Waals surface area contributed by atoms with E-state index in [-0.39, 0.29) is 0 Å². The van der Waals surface area contributed by atoms with Crippen LogP contribution in [0.2, 0.25) is 0 Å². The maximum absolute atomic E-state index is 3.54. The van der Waals surface area contributed by atoms with E-state index in [1.807, 2.05) is 0 Å². The van der Waals surface area contributed by atoms with Gasteiger partial charge in [-0.3, -0.25) is 0 Å². The van der Waals surface area contributed by atoms with Crippen LogP contribution in [-0.2, 0) is 0 Å². The molecule has 1 rings (SSSR count). The Bertz CT molecular complexity index is 108. The summed E-state index contributed by atoms with van der Waals surface area (Å²) in [6.07, 6.45) is 7.10. The van der Waals surface area contributed by atoms with E-state index in [2.05, 4.69) is 19.2 Å². The molecule has 1 aliphatic carbocycles. The van der Waals surface area contributed by atoms with Gasteiger partial charge in [0.25, 0.3) is 0 Å². The second-order valence-electron chi connectivity index (χ2n) is 4.33. The Hall–Kier alpha value is -0.0400. The minimum Gasteiger partial charge on any atom is -0.316 e. The molecule has 1 nitrogen and oxygen atoms in total. The first-order valence-electron chi connectivity index (χ1n) is 5.53. The molecule has 1 saturated carbocycles. The summed E-state index contributed by atoms with van der Waals surface area (Å²) < 4.78 is 0. The van der Waals surface area contributed by atoms with E-state index in [0.29, 0.717) is 0 Å². The second-order valence-corrected chi connectivity index (χ2v) is 4.33. The average molecular weight is 169 g/mol. The Balaban J connectivity index is 1.80. The van der Waals surface area contributed by atoms with Gasteiger partial charge in [0.05, 0.1) is 0 Å². The van der Waals surface area contributed by atoms with Crippen LogP contribution in [0.1, 0.15) is 46.0 Å². The third-order valence-electron chi connectivity index (χ3n) is 2.70. The number of rotatable bonds is 7. The van der Waals surface area contributed by atoms with Gasteiger partial charge in [-0.15, -0.1) is 0 Å². The van der Waals surface area contributed by atoms with Crippen LogP contribution in [-0.4, -0.2) is 13.1 Å². The average Bonchev–Trinajstić information content (AvgIpc) is 2.82. The van der Waals surface area contributed by atoms with E-state index in [1.54, 1.807) is 0 Å². The highest BCUT2D eigenvalue weighted by Gasteiger charge is 2.19. The van der Waals surface area contributed by atoms with Crippen molar-refractivity contribution >= 4 is 0 Å². The maximum Gasteiger partial charge on any atom is -0.00232 e. The quantitative estimate of drug-likeness (QED) is 0.578. The van der Waals surface area contributed by atoms with Crippen LogP contribution in [0.4, 0.5) is 0 Å². The third kappa shape index (κ3) is 4.76. The van der Waals surface area contributed by atoms with Gasteiger partial charge in [-0.25, -0.2) is 0 Å². The zero-order valence-corrected chi connectivity index (χ0v) is 8.60. The molecule has 1 unspecified atom stereocenters. The van der Waals surface area contributed by atoms with Crippen molar-refractivity contribution in [3.05, 3.63) is 0 Å². The first kappa shape index (κ1) is 10.0. The summed E-state index contributed by atoms with van der Waals surface area (Å²) in [5, 5.41) is 3.54. The molecule has 0 aliphatic heterocycles. The summed E-state index contributed by atoms with van der Waals surface area (Å²) in [4.78, 5) is 0. The third-order valence-corrected chi connectivity index (χ3v) is 2.70. The molecule has 0 spiro atoms. The molecule has 0 aromatic rings. The van der Waals surface area contributed by atoms with Gasteiger partial charge in [0, 0.05) is 0 Å². The summed E-state index contributed by atoms with van der Waals surface area (Å²) in [5.74, 6) is 1.95. The molecule has 1 fully saturated rings. The summed E-state index contributed by atoms with van der Waals surface area (Å²) >= 11 is 0. The van der Waals surface area contributed by atoms with Gasteiger partial charge < -0.3 is 5.32 Å². The lowest BCUT2D eigenvalue weighted by Gasteiger charge is -2.10. The summed E-state index contributed by atoms with van der Waals surface area (Å²) in [6.45, 7) is 7.08. The predicted octanol–water partition coefficient (Wildman–Crippen LogP) is 2.81. The largest absolute Gasteiger partial charge is 0.316 e. The molecule has 12 heavy (non-hydrogen) atoms. The second kappa shape index (κ2) is 5.58. The van der Waals surface area contributed by atoms with Crippen molar-refractivity contribution < 1.29 is 0 Å². The van der Waals surface area contributed by atoms with Crippen molar-refractivity contribution in [2.45, 2.75) is 46.0 Å². The highest BCUT2D eigenvalue weighted by molar-refractivity contribution is 4.73. The minimum atomic E-state index is 0.870. The van der Waals surface area contributed by atoms with E-state index < -0.39 is 0 Å². The van der Waals surface area contributed by atoms with Crippen molar-refractivity contribution in [3.8, 4) is 0 Å². The Morgan fingerprint density at radius 2 is 2.17 bits per heavy atom. The molecule has 0 bridgehead atoms. The molecule has 1 heteroatoms. The van der Waals surface area contributed by atoms with Crippen molar-refractivity contribution in [2.24, 2.45) is 11.8 Å². The van der Waals surface area contributed by atoms with Crippen LogP contribution in [0.3, 0.4) is 0 Å². The standard InChI is InChI=1S/C11H23N/c1-3-4-10(2)9-12-8-7-11-5-6-11/h10-12H,3-9H2,1-2H3. The van der Waals surface area contributed by atoms with Crippen molar-refractivity contribution in [1.29, 1.82) is 0 Å². The SMILES string of the molecule is CCCC(C)CNCCC1CC1. The van der Waals surface area contributed by atoms with Crippen LogP contribution >= 0.6 is 0 Å². The first-order chi connectivity index (χ1) is 5.83. The highest BCUT2D eigenvalue weighted by atomic mass is 14.9. The molecular weight excluding hydrogens is 146 g/mol. The molecule has 1 aliphatic rings. The van der Waals surface area contributed by atoms with E-state index in [0.717, 1.165) is 11.8 Å². The Morgan fingerprint density at radius 1 is 1.42 bits per heavy atom. The normalized spacial score (nSPS) is 19.5. The van der Waals surface area contributed by atoms with Gasteiger partial charge in [-0.2, -0.15) is 0 Å². The number of nitrogens with one attached hydrogen (secondary N) is 1. The van der Waals surface area contributed by atoms with E-state index >= 15 is 0 Å². The van der Waals surface area contributed by atoms with E-state index in [4.69, 9.17) is 0 Å². The van der Waals surface area contributed by atoms with Gasteiger partial charge in [-0.1, -0.05) is 33.1 Å². The fraction of sp³-hybridized carbons (Fsp3) is 1.00. The Kier molecular flexibility index (Phi) is 4.67. The van der Waals surface area contributed by atoms with Gasteiger partial charge in [0.2, 0.25) is 0 Å². The van der Waals surface area contributed by atoms with Gasteiger partial charge in [-0.05, 0) is 37.8 Å². The van der Waals surface area contributed by atoms with Crippen LogP contribution in [0.25, 0.3) is 0 Å². The van der Waals surface area contributed by atoms with Gasteiger partial charge in [0.15, 0.2) is 0 Å². The van der Waals surface area contributed by atoms with E-state index in [9.17, 15) is 0 Å². The van der Waals surface area contributed by atoms with Gasteiger partial charge in [0.1, 0.15) is 0 Å². The lowest BCUT2D eigenvalue weighted by Crippen LogP contribution is -2.22.